The number of nitriles is 1. The molecule has 1 aliphatic heterocycles. The van der Waals surface area contributed by atoms with Crippen LogP contribution in [0, 0.1) is 28.9 Å². The number of nitrogens with zero attached hydrogens (tertiary/aromatic N) is 4. The SMILES string of the molecule is N#Cc1ccc2nc(NCCC(F)(F)F)c(N3CCC(Cc4ccc(F)cc4F)CC3)nc2c1. The van der Waals surface area contributed by atoms with Crippen LogP contribution < -0.4 is 10.2 Å². The lowest BCUT2D eigenvalue weighted by Crippen LogP contribution is -2.35. The zero-order chi connectivity index (χ0) is 24.3. The standard InChI is InChI=1S/C24H22F5N5/c25-18-3-2-17(19(26)13-18)11-15-5-9-34(10-6-15)23-22(31-8-7-24(27,28)29)32-20-4-1-16(14-30)12-21(20)33-23/h1-4,12-13,15H,5-11H2,(H,31,32). The van der Waals surface area contributed by atoms with E-state index in [-0.39, 0.29) is 18.3 Å². The molecule has 1 aromatic heterocycles. The molecule has 4 rings (SSSR count). The third-order valence-electron chi connectivity index (χ3n) is 5.91. The predicted octanol–water partition coefficient (Wildman–Crippen LogP) is 5.60. The molecule has 5 nitrogen and oxygen atoms in total. The summed E-state index contributed by atoms with van der Waals surface area (Å²) in [5.74, 6) is -0.319. The number of nitrogens with one attached hydrogen (secondary N) is 1. The van der Waals surface area contributed by atoms with Gasteiger partial charge in [0.15, 0.2) is 11.6 Å². The number of fused-ring (bicyclic) bond motifs is 1. The van der Waals surface area contributed by atoms with Crippen LogP contribution in [0.1, 0.15) is 30.4 Å². The van der Waals surface area contributed by atoms with Gasteiger partial charge in [0.2, 0.25) is 0 Å². The lowest BCUT2D eigenvalue weighted by atomic mass is 9.90. The Labute approximate surface area is 193 Å². The first-order chi connectivity index (χ1) is 16.2. The molecule has 0 bridgehead atoms. The van der Waals surface area contributed by atoms with Crippen molar-refractivity contribution >= 4 is 22.7 Å². The number of hydrogen-bond acceptors (Lipinski definition) is 5. The van der Waals surface area contributed by atoms with Crippen molar-refractivity contribution in [3.8, 4) is 6.07 Å². The Balaban J connectivity index is 1.53. The molecule has 0 radical (unpaired) electrons. The number of rotatable bonds is 6. The fourth-order valence-electron chi connectivity index (χ4n) is 4.12. The number of hydrogen-bond donors (Lipinski definition) is 1. The maximum atomic E-state index is 14.0. The van der Waals surface area contributed by atoms with Gasteiger partial charge in [0.1, 0.15) is 11.6 Å². The monoisotopic (exact) mass is 475 g/mol. The van der Waals surface area contributed by atoms with Gasteiger partial charge in [0.05, 0.1) is 29.1 Å². The molecule has 3 aromatic rings. The van der Waals surface area contributed by atoms with Crippen LogP contribution in [0.15, 0.2) is 36.4 Å². The molecule has 178 valence electrons. The van der Waals surface area contributed by atoms with Crippen LogP contribution in [-0.4, -0.2) is 35.8 Å². The van der Waals surface area contributed by atoms with Crippen molar-refractivity contribution in [2.75, 3.05) is 29.9 Å². The number of benzene rings is 2. The first-order valence-electron chi connectivity index (χ1n) is 10.9. The molecule has 0 saturated carbocycles. The Bertz CT molecular complexity index is 1210. The summed E-state index contributed by atoms with van der Waals surface area (Å²) in [6.07, 6.45) is -3.42. The molecular weight excluding hydrogens is 453 g/mol. The average molecular weight is 475 g/mol. The van der Waals surface area contributed by atoms with E-state index in [2.05, 4.69) is 15.3 Å². The van der Waals surface area contributed by atoms with Crippen molar-refractivity contribution in [1.82, 2.24) is 9.97 Å². The molecule has 0 unspecified atom stereocenters. The first kappa shape index (κ1) is 23.7. The lowest BCUT2D eigenvalue weighted by Gasteiger charge is -2.34. The molecule has 2 heterocycles. The Kier molecular flexibility index (Phi) is 6.82. The zero-order valence-corrected chi connectivity index (χ0v) is 18.2. The summed E-state index contributed by atoms with van der Waals surface area (Å²) in [6.45, 7) is 0.770. The molecule has 0 aliphatic carbocycles. The van der Waals surface area contributed by atoms with Crippen molar-refractivity contribution in [3.63, 3.8) is 0 Å². The maximum Gasteiger partial charge on any atom is 0.390 e. The number of alkyl halides is 3. The van der Waals surface area contributed by atoms with E-state index in [1.54, 1.807) is 18.2 Å². The van der Waals surface area contributed by atoms with Gasteiger partial charge in [-0.2, -0.15) is 18.4 Å². The van der Waals surface area contributed by atoms with Gasteiger partial charge in [0, 0.05) is 25.7 Å². The van der Waals surface area contributed by atoms with Gasteiger partial charge in [-0.15, -0.1) is 0 Å². The van der Waals surface area contributed by atoms with Gasteiger partial charge in [-0.05, 0) is 55.0 Å². The molecule has 34 heavy (non-hydrogen) atoms. The molecule has 0 spiro atoms. The van der Waals surface area contributed by atoms with Gasteiger partial charge in [0.25, 0.3) is 0 Å². The minimum atomic E-state index is -4.30. The Morgan fingerprint density at radius 2 is 1.79 bits per heavy atom. The average Bonchev–Trinajstić information content (AvgIpc) is 2.80. The van der Waals surface area contributed by atoms with Gasteiger partial charge in [-0.1, -0.05) is 6.07 Å². The van der Waals surface area contributed by atoms with Crippen molar-refractivity contribution in [1.29, 1.82) is 5.26 Å². The summed E-state index contributed by atoms with van der Waals surface area (Å²) in [7, 11) is 0. The zero-order valence-electron chi connectivity index (χ0n) is 18.2. The Morgan fingerprint density at radius 1 is 1.03 bits per heavy atom. The maximum absolute atomic E-state index is 14.0. The predicted molar refractivity (Wildman–Crippen MR) is 118 cm³/mol. The molecule has 1 saturated heterocycles. The van der Waals surface area contributed by atoms with Gasteiger partial charge >= 0.3 is 6.18 Å². The van der Waals surface area contributed by atoms with Crippen LogP contribution in [0.4, 0.5) is 33.6 Å². The minimum absolute atomic E-state index is 0.177. The Hall–Kier alpha value is -3.48. The van der Waals surface area contributed by atoms with E-state index in [0.29, 0.717) is 60.3 Å². The van der Waals surface area contributed by atoms with E-state index in [1.807, 2.05) is 11.0 Å². The lowest BCUT2D eigenvalue weighted by molar-refractivity contribution is -0.131. The van der Waals surface area contributed by atoms with Gasteiger partial charge < -0.3 is 10.2 Å². The van der Waals surface area contributed by atoms with E-state index >= 15 is 0 Å². The van der Waals surface area contributed by atoms with E-state index in [4.69, 9.17) is 0 Å². The Morgan fingerprint density at radius 3 is 2.47 bits per heavy atom. The molecule has 1 fully saturated rings. The van der Waals surface area contributed by atoms with Crippen LogP contribution in [0.3, 0.4) is 0 Å². The minimum Gasteiger partial charge on any atom is -0.367 e. The smallest absolute Gasteiger partial charge is 0.367 e. The highest BCUT2D eigenvalue weighted by molar-refractivity contribution is 5.81. The molecule has 1 N–H and O–H groups in total. The van der Waals surface area contributed by atoms with Crippen LogP contribution in [0.5, 0.6) is 0 Å². The van der Waals surface area contributed by atoms with Crippen molar-refractivity contribution in [2.24, 2.45) is 5.92 Å². The van der Waals surface area contributed by atoms with Crippen LogP contribution in [-0.2, 0) is 6.42 Å². The van der Waals surface area contributed by atoms with Crippen molar-refractivity contribution in [2.45, 2.75) is 31.9 Å². The summed E-state index contributed by atoms with van der Waals surface area (Å²) >= 11 is 0. The summed E-state index contributed by atoms with van der Waals surface area (Å²) in [5, 5.41) is 11.9. The highest BCUT2D eigenvalue weighted by atomic mass is 19.4. The molecule has 10 heteroatoms. The normalized spacial score (nSPS) is 14.9. The first-order valence-corrected chi connectivity index (χ1v) is 10.9. The van der Waals surface area contributed by atoms with E-state index in [0.717, 1.165) is 6.07 Å². The third kappa shape index (κ3) is 5.71. The summed E-state index contributed by atoms with van der Waals surface area (Å²) in [6, 6.07) is 10.4. The van der Waals surface area contributed by atoms with Crippen LogP contribution in [0.2, 0.25) is 0 Å². The third-order valence-corrected chi connectivity index (χ3v) is 5.91. The number of halogens is 5. The molecule has 0 atom stereocenters. The van der Waals surface area contributed by atoms with Crippen molar-refractivity contribution in [3.05, 3.63) is 59.2 Å². The molecular formula is C24H22F5N5. The topological polar surface area (TPSA) is 64.8 Å². The van der Waals surface area contributed by atoms with Gasteiger partial charge in [-0.3, -0.25) is 0 Å². The second-order valence-corrected chi connectivity index (χ2v) is 8.37. The van der Waals surface area contributed by atoms with Crippen LogP contribution >= 0.6 is 0 Å². The molecule has 0 amide bonds. The van der Waals surface area contributed by atoms with Crippen LogP contribution in [0.25, 0.3) is 11.0 Å². The highest BCUT2D eigenvalue weighted by Crippen LogP contribution is 2.31. The second-order valence-electron chi connectivity index (χ2n) is 8.37. The highest BCUT2D eigenvalue weighted by Gasteiger charge is 2.28. The summed E-state index contributed by atoms with van der Waals surface area (Å²) < 4.78 is 65.2. The summed E-state index contributed by atoms with van der Waals surface area (Å²) in [4.78, 5) is 11.0. The second kappa shape index (κ2) is 9.79. The molecule has 2 aromatic carbocycles. The largest absolute Gasteiger partial charge is 0.390 e. The van der Waals surface area contributed by atoms with Gasteiger partial charge in [-0.25, -0.2) is 18.7 Å². The number of aromatic nitrogens is 2. The number of anilines is 2. The van der Waals surface area contributed by atoms with E-state index < -0.39 is 24.2 Å². The number of piperidine rings is 1. The van der Waals surface area contributed by atoms with Crippen molar-refractivity contribution < 1.29 is 22.0 Å². The van der Waals surface area contributed by atoms with E-state index in [9.17, 15) is 27.2 Å². The fraction of sp³-hybridized carbons (Fsp3) is 0.375. The molecule has 1 aliphatic rings. The van der Waals surface area contributed by atoms with E-state index in [1.165, 1.54) is 12.1 Å². The quantitative estimate of drug-likeness (QED) is 0.470. The summed E-state index contributed by atoms with van der Waals surface area (Å²) in [5.41, 5.74) is 1.82. The fourth-order valence-corrected chi connectivity index (χ4v) is 4.12.